The Balaban J connectivity index is 0.00000180. The van der Waals surface area contributed by atoms with Crippen molar-refractivity contribution in [3.05, 3.63) is 35.4 Å². The second-order valence-corrected chi connectivity index (χ2v) is 4.76. The van der Waals surface area contributed by atoms with Crippen LogP contribution < -0.4 is 5.32 Å². The van der Waals surface area contributed by atoms with E-state index >= 15 is 0 Å². The molecule has 1 aliphatic rings. The first-order valence-corrected chi connectivity index (χ1v) is 6.04. The average molecular weight is 295 g/mol. The van der Waals surface area contributed by atoms with Gasteiger partial charge in [0.2, 0.25) is 0 Å². The van der Waals surface area contributed by atoms with Gasteiger partial charge in [-0.3, -0.25) is 4.90 Å². The highest BCUT2D eigenvalue weighted by Crippen LogP contribution is 2.29. The molecule has 0 bridgehead atoms. The van der Waals surface area contributed by atoms with Crippen LogP contribution in [-0.2, 0) is 12.7 Å². The third kappa shape index (κ3) is 4.37. The molecule has 1 N–H and O–H groups in total. The van der Waals surface area contributed by atoms with Crippen LogP contribution in [0, 0.1) is 0 Å². The molecule has 1 aromatic carbocycles. The molecule has 2 nitrogen and oxygen atoms in total. The Hall–Kier alpha value is -0.780. The zero-order valence-electron chi connectivity index (χ0n) is 10.7. The Kier molecular flexibility index (Phi) is 5.64. The number of rotatable bonds is 3. The zero-order chi connectivity index (χ0) is 13.2. The normalized spacial score (nSPS) is 19.5. The molecule has 1 atom stereocenters. The van der Waals surface area contributed by atoms with Crippen LogP contribution in [-0.4, -0.2) is 31.1 Å². The van der Waals surface area contributed by atoms with Crippen molar-refractivity contribution in [2.24, 2.45) is 0 Å². The smallest absolute Gasteiger partial charge is 0.315 e. The number of halogens is 4. The van der Waals surface area contributed by atoms with Crippen LogP contribution >= 0.6 is 12.4 Å². The van der Waals surface area contributed by atoms with Crippen LogP contribution in [0.25, 0.3) is 0 Å². The molecule has 1 heterocycles. The fourth-order valence-corrected chi connectivity index (χ4v) is 2.28. The van der Waals surface area contributed by atoms with Gasteiger partial charge in [0.15, 0.2) is 0 Å². The van der Waals surface area contributed by atoms with Crippen molar-refractivity contribution in [1.82, 2.24) is 10.2 Å². The summed E-state index contributed by atoms with van der Waals surface area (Å²) in [6.07, 6.45) is -3.21. The largest absolute Gasteiger partial charge is 0.416 e. The predicted molar refractivity (Wildman–Crippen MR) is 71.4 cm³/mol. The van der Waals surface area contributed by atoms with Gasteiger partial charge in [-0.05, 0) is 31.6 Å². The molecule has 0 amide bonds. The van der Waals surface area contributed by atoms with Gasteiger partial charge in [0, 0.05) is 19.1 Å². The van der Waals surface area contributed by atoms with Crippen molar-refractivity contribution < 1.29 is 13.2 Å². The Morgan fingerprint density at radius 1 is 1.37 bits per heavy atom. The second-order valence-electron chi connectivity index (χ2n) is 4.76. The first-order valence-electron chi connectivity index (χ1n) is 6.04. The van der Waals surface area contributed by atoms with E-state index in [0.29, 0.717) is 18.2 Å². The van der Waals surface area contributed by atoms with E-state index in [0.717, 1.165) is 25.6 Å². The molecule has 6 heteroatoms. The van der Waals surface area contributed by atoms with Crippen LogP contribution in [0.3, 0.4) is 0 Å². The molecule has 0 aromatic heterocycles. The Labute approximate surface area is 117 Å². The average Bonchev–Trinajstić information content (AvgIpc) is 2.81. The van der Waals surface area contributed by atoms with Crippen LogP contribution in [0.5, 0.6) is 0 Å². The minimum Gasteiger partial charge on any atom is -0.315 e. The van der Waals surface area contributed by atoms with E-state index in [1.54, 1.807) is 6.07 Å². The number of likely N-dealkylation sites (N-methyl/N-ethyl adjacent to an activating group) is 1. The molecular weight excluding hydrogens is 277 g/mol. The Morgan fingerprint density at radius 3 is 2.68 bits per heavy atom. The topological polar surface area (TPSA) is 15.3 Å². The minimum atomic E-state index is -4.26. The monoisotopic (exact) mass is 294 g/mol. The van der Waals surface area contributed by atoms with Gasteiger partial charge >= 0.3 is 6.18 Å². The second kappa shape index (κ2) is 6.59. The lowest BCUT2D eigenvalue weighted by molar-refractivity contribution is -0.137. The molecule has 1 saturated heterocycles. The van der Waals surface area contributed by atoms with Gasteiger partial charge in [-0.1, -0.05) is 18.2 Å². The minimum absolute atomic E-state index is 0. The van der Waals surface area contributed by atoms with Gasteiger partial charge in [-0.15, -0.1) is 12.4 Å². The maximum atomic E-state index is 12.6. The van der Waals surface area contributed by atoms with E-state index in [-0.39, 0.29) is 12.4 Å². The number of nitrogens with one attached hydrogen (secondary N) is 1. The van der Waals surface area contributed by atoms with Gasteiger partial charge in [0.25, 0.3) is 0 Å². The predicted octanol–water partition coefficient (Wildman–Crippen LogP) is 2.92. The highest BCUT2D eigenvalue weighted by atomic mass is 35.5. The highest BCUT2D eigenvalue weighted by Gasteiger charge is 2.30. The first kappa shape index (κ1) is 16.3. The third-order valence-corrected chi connectivity index (χ3v) is 3.34. The van der Waals surface area contributed by atoms with Crippen molar-refractivity contribution in [2.45, 2.75) is 25.2 Å². The maximum Gasteiger partial charge on any atom is 0.416 e. The van der Waals surface area contributed by atoms with E-state index < -0.39 is 11.7 Å². The Bertz CT molecular complexity index is 403. The van der Waals surface area contributed by atoms with Gasteiger partial charge in [-0.25, -0.2) is 0 Å². The molecule has 1 unspecified atom stereocenters. The number of alkyl halides is 3. The molecule has 19 heavy (non-hydrogen) atoms. The van der Waals surface area contributed by atoms with Crippen molar-refractivity contribution in [3.63, 3.8) is 0 Å². The van der Waals surface area contributed by atoms with Crippen LogP contribution in [0.4, 0.5) is 13.2 Å². The number of hydrogen-bond acceptors (Lipinski definition) is 2. The summed E-state index contributed by atoms with van der Waals surface area (Å²) in [5.74, 6) is 0. The molecule has 0 saturated carbocycles. The van der Waals surface area contributed by atoms with Gasteiger partial charge in [0.1, 0.15) is 0 Å². The van der Waals surface area contributed by atoms with Gasteiger partial charge < -0.3 is 5.32 Å². The zero-order valence-corrected chi connectivity index (χ0v) is 11.5. The summed E-state index contributed by atoms with van der Waals surface area (Å²) >= 11 is 0. The molecule has 2 rings (SSSR count). The number of nitrogens with zero attached hydrogens (tertiary/aromatic N) is 1. The summed E-state index contributed by atoms with van der Waals surface area (Å²) < 4.78 is 37.7. The van der Waals surface area contributed by atoms with Crippen molar-refractivity contribution in [3.8, 4) is 0 Å². The fraction of sp³-hybridized carbons (Fsp3) is 0.538. The number of hydrogen-bond donors (Lipinski definition) is 1. The number of benzene rings is 1. The summed E-state index contributed by atoms with van der Waals surface area (Å²) in [6.45, 7) is 2.45. The van der Waals surface area contributed by atoms with Gasteiger partial charge in [0.05, 0.1) is 5.56 Å². The molecule has 0 radical (unpaired) electrons. The molecular formula is C13H18ClF3N2. The maximum absolute atomic E-state index is 12.6. The molecule has 1 aromatic rings. The first-order chi connectivity index (χ1) is 8.47. The lowest BCUT2D eigenvalue weighted by atomic mass is 10.1. The summed E-state index contributed by atoms with van der Waals surface area (Å²) in [4.78, 5) is 2.11. The molecule has 108 valence electrons. The van der Waals surface area contributed by atoms with E-state index in [4.69, 9.17) is 0 Å². The molecule has 1 aliphatic heterocycles. The summed E-state index contributed by atoms with van der Waals surface area (Å²) in [6, 6.07) is 5.98. The Morgan fingerprint density at radius 2 is 2.11 bits per heavy atom. The van der Waals surface area contributed by atoms with Crippen molar-refractivity contribution >= 4 is 12.4 Å². The van der Waals surface area contributed by atoms with E-state index in [9.17, 15) is 13.2 Å². The van der Waals surface area contributed by atoms with Crippen LogP contribution in [0.1, 0.15) is 17.5 Å². The fourth-order valence-electron chi connectivity index (χ4n) is 2.28. The SMILES string of the molecule is CN(Cc1cccc(C(F)(F)F)c1)C1CCNC1.Cl. The quantitative estimate of drug-likeness (QED) is 0.922. The third-order valence-electron chi connectivity index (χ3n) is 3.34. The van der Waals surface area contributed by atoms with Crippen LogP contribution in [0.2, 0.25) is 0 Å². The highest BCUT2D eigenvalue weighted by molar-refractivity contribution is 5.85. The van der Waals surface area contributed by atoms with Crippen LogP contribution in [0.15, 0.2) is 24.3 Å². The standard InChI is InChI=1S/C13H17F3N2.ClH/c1-18(12-5-6-17-8-12)9-10-3-2-4-11(7-10)13(14,15)16;/h2-4,7,12,17H,5-6,8-9H2,1H3;1H. The van der Waals surface area contributed by atoms with Gasteiger partial charge in [-0.2, -0.15) is 13.2 Å². The lowest BCUT2D eigenvalue weighted by Crippen LogP contribution is -2.32. The van der Waals surface area contributed by atoms with E-state index in [1.165, 1.54) is 12.1 Å². The summed E-state index contributed by atoms with van der Waals surface area (Å²) in [5, 5.41) is 3.25. The van der Waals surface area contributed by atoms with Crippen molar-refractivity contribution in [1.29, 1.82) is 0 Å². The van der Waals surface area contributed by atoms with E-state index in [1.807, 2.05) is 7.05 Å². The molecule has 0 aliphatic carbocycles. The lowest BCUT2D eigenvalue weighted by Gasteiger charge is -2.23. The van der Waals surface area contributed by atoms with E-state index in [2.05, 4.69) is 10.2 Å². The summed E-state index contributed by atoms with van der Waals surface area (Å²) in [5.41, 5.74) is 0.136. The molecule has 1 fully saturated rings. The molecule has 0 spiro atoms. The van der Waals surface area contributed by atoms with Crippen molar-refractivity contribution in [2.75, 3.05) is 20.1 Å². The summed E-state index contributed by atoms with van der Waals surface area (Å²) in [7, 11) is 1.96.